The van der Waals surface area contributed by atoms with Gasteiger partial charge in [-0.15, -0.1) is 0 Å². The van der Waals surface area contributed by atoms with Gasteiger partial charge in [-0.3, -0.25) is 4.79 Å². The summed E-state index contributed by atoms with van der Waals surface area (Å²) in [5.41, 5.74) is 2.37. The number of aryl methyl sites for hydroxylation is 1. The molecule has 0 aliphatic carbocycles. The van der Waals surface area contributed by atoms with E-state index in [0.717, 1.165) is 16.6 Å². The van der Waals surface area contributed by atoms with Gasteiger partial charge in [0.2, 0.25) is 0 Å². The van der Waals surface area contributed by atoms with Gasteiger partial charge in [0, 0.05) is 41.9 Å². The average Bonchev–Trinajstić information content (AvgIpc) is 2.60. The third-order valence-corrected chi connectivity index (χ3v) is 4.60. The van der Waals surface area contributed by atoms with Crippen molar-refractivity contribution >= 4 is 26.5 Å². The quantitative estimate of drug-likeness (QED) is 0.811. The maximum Gasteiger partial charge on any atom is 0.175 e. The molecule has 1 aromatic heterocycles. The highest BCUT2D eigenvalue weighted by Gasteiger charge is 2.19. The predicted octanol–water partition coefficient (Wildman–Crippen LogP) is 2.48. The Morgan fingerprint density at radius 1 is 1.32 bits per heavy atom. The van der Waals surface area contributed by atoms with Crippen molar-refractivity contribution < 1.29 is 13.2 Å². The second-order valence-corrected chi connectivity index (χ2v) is 6.76. The molecule has 4 nitrogen and oxygen atoms in total. The lowest BCUT2D eigenvalue weighted by Gasteiger charge is -2.01. The molecule has 0 atom stereocenters. The van der Waals surface area contributed by atoms with Crippen LogP contribution in [-0.2, 0) is 16.9 Å². The summed E-state index contributed by atoms with van der Waals surface area (Å²) in [7, 11) is -1.39. The first kappa shape index (κ1) is 13.8. The molecule has 0 aliphatic heterocycles. The molecule has 0 amide bonds. The summed E-state index contributed by atoms with van der Waals surface area (Å²) < 4.78 is 25.2. The number of ketones is 1. The Bertz CT molecular complexity index is 770. The minimum atomic E-state index is -3.27. The smallest absolute Gasteiger partial charge is 0.175 e. The maximum atomic E-state index is 12.1. The number of benzene rings is 1. The summed E-state index contributed by atoms with van der Waals surface area (Å²) in [6.07, 6.45) is 1.58. The molecule has 1 heterocycles. The van der Waals surface area contributed by atoms with E-state index in [0.29, 0.717) is 12.0 Å². The van der Waals surface area contributed by atoms with Gasteiger partial charge in [-0.05, 0) is 25.1 Å². The summed E-state index contributed by atoms with van der Waals surface area (Å²) in [6, 6.07) is 4.93. The molecule has 1 aromatic carbocycles. The van der Waals surface area contributed by atoms with E-state index in [4.69, 9.17) is 0 Å². The Labute approximate surface area is 113 Å². The number of hydrogen-bond acceptors (Lipinski definition) is 3. The van der Waals surface area contributed by atoms with Gasteiger partial charge in [0.05, 0.1) is 4.90 Å². The number of hydrogen-bond donors (Lipinski definition) is 0. The van der Waals surface area contributed by atoms with Crippen molar-refractivity contribution in [3.63, 3.8) is 0 Å². The number of Topliss-reactive ketones (excluding diaryl/α,β-unsaturated/α-hetero) is 1. The number of carbonyl (C=O) groups is 1. The molecule has 0 unspecified atom stereocenters. The van der Waals surface area contributed by atoms with E-state index in [2.05, 4.69) is 0 Å². The molecule has 0 saturated carbocycles. The molecular weight excluding hydrogens is 262 g/mol. The zero-order chi connectivity index (χ0) is 14.4. The van der Waals surface area contributed by atoms with E-state index in [1.165, 1.54) is 6.26 Å². The van der Waals surface area contributed by atoms with Crippen molar-refractivity contribution in [3.05, 3.63) is 29.5 Å². The molecule has 2 rings (SSSR count). The lowest BCUT2D eigenvalue weighted by molar-refractivity contribution is 0.0989. The van der Waals surface area contributed by atoms with Crippen LogP contribution in [0.25, 0.3) is 10.9 Å². The Balaban J connectivity index is 2.88. The zero-order valence-corrected chi connectivity index (χ0v) is 12.3. The first-order valence-electron chi connectivity index (χ1n) is 6.09. The molecule has 0 saturated heterocycles. The van der Waals surface area contributed by atoms with Crippen LogP contribution in [0.1, 0.15) is 29.4 Å². The third kappa shape index (κ3) is 2.18. The van der Waals surface area contributed by atoms with Crippen LogP contribution in [0.4, 0.5) is 0 Å². The Kier molecular flexibility index (Phi) is 3.26. The van der Waals surface area contributed by atoms with Crippen molar-refractivity contribution in [3.8, 4) is 0 Å². The summed E-state index contributed by atoms with van der Waals surface area (Å²) in [6.45, 7) is 3.68. The SMILES string of the molecule is CCC(=O)c1c(C)n(C)c2ccc(S(C)(=O)=O)cc12. The number of aromatic nitrogens is 1. The van der Waals surface area contributed by atoms with Crippen LogP contribution in [0.5, 0.6) is 0 Å². The molecule has 0 fully saturated rings. The van der Waals surface area contributed by atoms with Gasteiger partial charge < -0.3 is 4.57 Å². The van der Waals surface area contributed by atoms with Crippen molar-refractivity contribution in [2.45, 2.75) is 25.2 Å². The van der Waals surface area contributed by atoms with Crippen LogP contribution >= 0.6 is 0 Å². The zero-order valence-electron chi connectivity index (χ0n) is 11.5. The van der Waals surface area contributed by atoms with Crippen LogP contribution in [0.3, 0.4) is 0 Å². The molecule has 102 valence electrons. The maximum absolute atomic E-state index is 12.1. The van der Waals surface area contributed by atoms with E-state index in [1.54, 1.807) is 25.1 Å². The van der Waals surface area contributed by atoms with Crippen molar-refractivity contribution in [1.82, 2.24) is 4.57 Å². The Morgan fingerprint density at radius 3 is 2.47 bits per heavy atom. The van der Waals surface area contributed by atoms with E-state index in [-0.39, 0.29) is 10.7 Å². The van der Waals surface area contributed by atoms with Gasteiger partial charge in [0.15, 0.2) is 15.6 Å². The summed E-state index contributed by atoms with van der Waals surface area (Å²) in [5, 5.41) is 0.717. The fourth-order valence-corrected chi connectivity index (χ4v) is 2.96. The monoisotopic (exact) mass is 279 g/mol. The van der Waals surface area contributed by atoms with Crippen LogP contribution < -0.4 is 0 Å². The molecule has 0 bridgehead atoms. The van der Waals surface area contributed by atoms with Gasteiger partial charge in [-0.25, -0.2) is 8.42 Å². The molecule has 0 N–H and O–H groups in total. The van der Waals surface area contributed by atoms with Crippen molar-refractivity contribution in [1.29, 1.82) is 0 Å². The van der Waals surface area contributed by atoms with Crippen LogP contribution in [0, 0.1) is 6.92 Å². The van der Waals surface area contributed by atoms with E-state index in [9.17, 15) is 13.2 Å². The topological polar surface area (TPSA) is 56.1 Å². The molecule has 19 heavy (non-hydrogen) atoms. The number of sulfone groups is 1. The van der Waals surface area contributed by atoms with Gasteiger partial charge in [-0.2, -0.15) is 0 Å². The predicted molar refractivity (Wildman–Crippen MR) is 75.4 cm³/mol. The van der Waals surface area contributed by atoms with Crippen LogP contribution in [-0.4, -0.2) is 25.0 Å². The minimum Gasteiger partial charge on any atom is -0.347 e. The number of carbonyl (C=O) groups excluding carboxylic acids is 1. The van der Waals surface area contributed by atoms with Gasteiger partial charge >= 0.3 is 0 Å². The minimum absolute atomic E-state index is 0.0359. The van der Waals surface area contributed by atoms with Gasteiger partial charge in [0.1, 0.15) is 0 Å². The molecule has 5 heteroatoms. The van der Waals surface area contributed by atoms with E-state index >= 15 is 0 Å². The Hall–Kier alpha value is -1.62. The van der Waals surface area contributed by atoms with Gasteiger partial charge in [0.25, 0.3) is 0 Å². The fourth-order valence-electron chi connectivity index (χ4n) is 2.31. The first-order chi connectivity index (χ1) is 8.77. The second-order valence-electron chi connectivity index (χ2n) is 4.75. The highest BCUT2D eigenvalue weighted by atomic mass is 32.2. The number of fused-ring (bicyclic) bond motifs is 1. The van der Waals surface area contributed by atoms with Crippen LogP contribution in [0.15, 0.2) is 23.1 Å². The van der Waals surface area contributed by atoms with E-state index < -0.39 is 9.84 Å². The highest BCUT2D eigenvalue weighted by Crippen LogP contribution is 2.28. The second kappa shape index (κ2) is 4.49. The van der Waals surface area contributed by atoms with Crippen molar-refractivity contribution in [2.75, 3.05) is 6.26 Å². The highest BCUT2D eigenvalue weighted by molar-refractivity contribution is 7.90. The average molecular weight is 279 g/mol. The molecule has 0 radical (unpaired) electrons. The van der Waals surface area contributed by atoms with Gasteiger partial charge in [-0.1, -0.05) is 6.92 Å². The molecular formula is C14H17NO3S. The normalized spacial score (nSPS) is 12.0. The largest absolute Gasteiger partial charge is 0.347 e. The fraction of sp³-hybridized carbons (Fsp3) is 0.357. The third-order valence-electron chi connectivity index (χ3n) is 3.49. The summed E-state index contributed by atoms with van der Waals surface area (Å²) in [4.78, 5) is 12.3. The molecule has 0 spiro atoms. The van der Waals surface area contributed by atoms with E-state index in [1.807, 2.05) is 18.5 Å². The van der Waals surface area contributed by atoms with Crippen LogP contribution in [0.2, 0.25) is 0 Å². The summed E-state index contributed by atoms with van der Waals surface area (Å²) in [5.74, 6) is 0.0359. The lowest BCUT2D eigenvalue weighted by Crippen LogP contribution is -2.00. The standard InChI is InChI=1S/C14H17NO3S/c1-5-13(16)14-9(2)15(3)12-7-6-10(8-11(12)14)19(4,17)18/h6-8H,5H2,1-4H3. The van der Waals surface area contributed by atoms with Crippen molar-refractivity contribution in [2.24, 2.45) is 7.05 Å². The number of rotatable bonds is 3. The number of nitrogens with zero attached hydrogens (tertiary/aromatic N) is 1. The summed E-state index contributed by atoms with van der Waals surface area (Å²) >= 11 is 0. The lowest BCUT2D eigenvalue weighted by atomic mass is 10.1. The molecule has 2 aromatic rings. The molecule has 0 aliphatic rings. The Morgan fingerprint density at radius 2 is 1.95 bits per heavy atom. The first-order valence-corrected chi connectivity index (χ1v) is 7.98.